The summed E-state index contributed by atoms with van der Waals surface area (Å²) in [6.07, 6.45) is 5.37. The van der Waals surface area contributed by atoms with Crippen LogP contribution in [0.1, 0.15) is 40.6 Å². The van der Waals surface area contributed by atoms with Gasteiger partial charge >= 0.3 is 0 Å². The van der Waals surface area contributed by atoms with Crippen molar-refractivity contribution in [3.63, 3.8) is 0 Å². The van der Waals surface area contributed by atoms with Gasteiger partial charge in [-0.05, 0) is 60.6 Å². The summed E-state index contributed by atoms with van der Waals surface area (Å²) < 4.78 is 0. The summed E-state index contributed by atoms with van der Waals surface area (Å²) in [5.41, 5.74) is 5.13. The largest absolute Gasteiger partial charge is 0.372 e. The van der Waals surface area contributed by atoms with Gasteiger partial charge in [-0.15, -0.1) is 0 Å². The predicted octanol–water partition coefficient (Wildman–Crippen LogP) is 5.69. The molecular formula is C20H19ClN2O2. The Morgan fingerprint density at radius 2 is 1.96 bits per heavy atom. The van der Waals surface area contributed by atoms with Crippen molar-refractivity contribution in [2.45, 2.75) is 32.2 Å². The maximum atomic E-state index is 11.6. The van der Waals surface area contributed by atoms with Crippen molar-refractivity contribution < 1.29 is 4.92 Å². The number of fused-ring (bicyclic) bond motifs is 3. The molecule has 0 aromatic heterocycles. The summed E-state index contributed by atoms with van der Waals surface area (Å²) in [7, 11) is 0. The highest BCUT2D eigenvalue weighted by atomic mass is 35.5. The molecule has 1 aliphatic heterocycles. The summed E-state index contributed by atoms with van der Waals surface area (Å²) in [4.78, 5) is 11.4. The standard InChI is InChI=1S/C20H19ClN2O2/c1-11-10-17(23(24)25)20-18(12(11)2)15-4-3-5-16(15)19(22-20)13-6-8-14(21)9-7-13/h3-4,6-10,15-16,19,22H,5H2,1-2H3/t15-,16-,19+/m1/s1. The van der Waals surface area contributed by atoms with Gasteiger partial charge in [0.05, 0.1) is 11.0 Å². The zero-order chi connectivity index (χ0) is 17.7. The topological polar surface area (TPSA) is 55.2 Å². The SMILES string of the molecule is Cc1cc([N+](=O)[O-])c2c(c1C)[C@@H]1C=CC[C@H]1[C@H](c1ccc(Cl)cc1)N2. The molecule has 0 radical (unpaired) electrons. The van der Waals surface area contributed by atoms with Gasteiger partial charge in [-0.2, -0.15) is 0 Å². The van der Waals surface area contributed by atoms with Crippen LogP contribution in [0.4, 0.5) is 11.4 Å². The van der Waals surface area contributed by atoms with Crippen molar-refractivity contribution >= 4 is 23.0 Å². The van der Waals surface area contributed by atoms with E-state index in [0.29, 0.717) is 16.6 Å². The van der Waals surface area contributed by atoms with E-state index in [1.807, 2.05) is 31.2 Å². The first-order valence-corrected chi connectivity index (χ1v) is 8.82. The molecule has 1 N–H and O–H groups in total. The average Bonchev–Trinajstić information content (AvgIpc) is 3.07. The molecule has 2 aromatic rings. The zero-order valence-corrected chi connectivity index (χ0v) is 14.9. The second-order valence-electron chi connectivity index (χ2n) is 6.91. The molecule has 3 atom stereocenters. The third-order valence-electron chi connectivity index (χ3n) is 5.57. The molecule has 128 valence electrons. The van der Waals surface area contributed by atoms with Crippen molar-refractivity contribution in [3.05, 3.63) is 79.9 Å². The van der Waals surface area contributed by atoms with Crippen molar-refractivity contribution in [2.75, 3.05) is 5.32 Å². The fraction of sp³-hybridized carbons (Fsp3) is 0.300. The number of hydrogen-bond acceptors (Lipinski definition) is 3. The first-order valence-electron chi connectivity index (χ1n) is 8.44. The molecule has 0 amide bonds. The van der Waals surface area contributed by atoms with Gasteiger partial charge in [-0.25, -0.2) is 0 Å². The van der Waals surface area contributed by atoms with Crippen LogP contribution in [0.15, 0.2) is 42.5 Å². The van der Waals surface area contributed by atoms with Gasteiger partial charge in [0.2, 0.25) is 0 Å². The smallest absolute Gasteiger partial charge is 0.292 e. The number of halogens is 1. The van der Waals surface area contributed by atoms with Crippen LogP contribution >= 0.6 is 11.6 Å². The third-order valence-corrected chi connectivity index (χ3v) is 5.83. The number of anilines is 1. The van der Waals surface area contributed by atoms with Gasteiger partial charge in [-0.3, -0.25) is 10.1 Å². The molecule has 2 aliphatic rings. The molecule has 2 aromatic carbocycles. The third kappa shape index (κ3) is 2.52. The van der Waals surface area contributed by atoms with Crippen molar-refractivity contribution in [2.24, 2.45) is 5.92 Å². The number of nitrogens with zero attached hydrogens (tertiary/aromatic N) is 1. The Hall–Kier alpha value is -2.33. The van der Waals surface area contributed by atoms with E-state index in [0.717, 1.165) is 28.7 Å². The maximum absolute atomic E-state index is 11.6. The lowest BCUT2D eigenvalue weighted by Crippen LogP contribution is -2.30. The minimum absolute atomic E-state index is 0.0329. The molecule has 0 spiro atoms. The van der Waals surface area contributed by atoms with Crippen LogP contribution < -0.4 is 5.32 Å². The van der Waals surface area contributed by atoms with Gasteiger partial charge in [0.15, 0.2) is 0 Å². The summed E-state index contributed by atoms with van der Waals surface area (Å²) in [6.45, 7) is 4.01. The monoisotopic (exact) mass is 354 g/mol. The van der Waals surface area contributed by atoms with E-state index in [9.17, 15) is 10.1 Å². The Labute approximate surface area is 151 Å². The summed E-state index contributed by atoms with van der Waals surface area (Å²) in [5, 5.41) is 15.8. The van der Waals surface area contributed by atoms with Gasteiger partial charge in [0, 0.05) is 17.0 Å². The first-order chi connectivity index (χ1) is 12.0. The van der Waals surface area contributed by atoms with Crippen LogP contribution in [0.5, 0.6) is 0 Å². The zero-order valence-electron chi connectivity index (χ0n) is 14.1. The number of aryl methyl sites for hydroxylation is 1. The molecule has 4 rings (SSSR count). The normalized spacial score (nSPS) is 23.7. The van der Waals surface area contributed by atoms with Crippen LogP contribution in [0.2, 0.25) is 5.02 Å². The van der Waals surface area contributed by atoms with E-state index in [1.54, 1.807) is 6.07 Å². The first kappa shape index (κ1) is 16.2. The van der Waals surface area contributed by atoms with Crippen molar-refractivity contribution in [1.29, 1.82) is 0 Å². The lowest BCUT2D eigenvalue weighted by molar-refractivity contribution is -0.384. The number of nitro groups is 1. The number of rotatable bonds is 2. The number of nitro benzene ring substituents is 1. The summed E-state index contributed by atoms with van der Waals surface area (Å²) >= 11 is 6.03. The second-order valence-corrected chi connectivity index (χ2v) is 7.35. The molecule has 0 unspecified atom stereocenters. The predicted molar refractivity (Wildman–Crippen MR) is 100 cm³/mol. The number of hydrogen-bond donors (Lipinski definition) is 1. The van der Waals surface area contributed by atoms with Crippen LogP contribution in [-0.2, 0) is 0 Å². The van der Waals surface area contributed by atoms with E-state index in [4.69, 9.17) is 11.6 Å². The Morgan fingerprint density at radius 1 is 1.24 bits per heavy atom. The highest BCUT2D eigenvalue weighted by Crippen LogP contribution is 2.53. The second kappa shape index (κ2) is 5.88. The quantitative estimate of drug-likeness (QED) is 0.428. The van der Waals surface area contributed by atoms with Crippen molar-refractivity contribution in [1.82, 2.24) is 0 Å². The molecule has 5 heteroatoms. The molecule has 0 bridgehead atoms. The van der Waals surface area contributed by atoms with Crippen LogP contribution in [-0.4, -0.2) is 4.92 Å². The molecule has 0 fully saturated rings. The number of nitrogens with one attached hydrogen (secondary N) is 1. The highest BCUT2D eigenvalue weighted by molar-refractivity contribution is 6.30. The molecule has 0 saturated heterocycles. The minimum atomic E-state index is -0.282. The lowest BCUT2D eigenvalue weighted by atomic mass is 9.74. The van der Waals surface area contributed by atoms with E-state index in [1.165, 1.54) is 0 Å². The Bertz CT molecular complexity index is 890. The minimum Gasteiger partial charge on any atom is -0.372 e. The maximum Gasteiger partial charge on any atom is 0.292 e. The molecule has 25 heavy (non-hydrogen) atoms. The number of benzene rings is 2. The van der Waals surface area contributed by atoms with Gasteiger partial charge < -0.3 is 5.32 Å². The number of allylic oxidation sites excluding steroid dienone is 2. The van der Waals surface area contributed by atoms with E-state index in [2.05, 4.69) is 24.4 Å². The fourth-order valence-corrected chi connectivity index (χ4v) is 4.35. The van der Waals surface area contributed by atoms with Crippen LogP contribution in [0, 0.1) is 29.9 Å². The highest BCUT2D eigenvalue weighted by Gasteiger charge is 2.41. The molecular weight excluding hydrogens is 336 g/mol. The van der Waals surface area contributed by atoms with Crippen molar-refractivity contribution in [3.8, 4) is 0 Å². The molecule has 1 aliphatic carbocycles. The Kier molecular flexibility index (Phi) is 3.80. The van der Waals surface area contributed by atoms with Gasteiger partial charge in [0.1, 0.15) is 5.69 Å². The van der Waals surface area contributed by atoms with Gasteiger partial charge in [-0.1, -0.05) is 35.9 Å². The molecule has 1 heterocycles. The summed E-state index contributed by atoms with van der Waals surface area (Å²) in [5.74, 6) is 0.560. The van der Waals surface area contributed by atoms with E-state index >= 15 is 0 Å². The van der Waals surface area contributed by atoms with E-state index in [-0.39, 0.29) is 22.6 Å². The van der Waals surface area contributed by atoms with Crippen LogP contribution in [0.25, 0.3) is 0 Å². The lowest BCUT2D eigenvalue weighted by Gasteiger charge is -2.38. The fourth-order valence-electron chi connectivity index (χ4n) is 4.22. The molecule has 4 nitrogen and oxygen atoms in total. The molecule has 0 saturated carbocycles. The summed E-state index contributed by atoms with van der Waals surface area (Å²) in [6, 6.07) is 9.48. The van der Waals surface area contributed by atoms with Gasteiger partial charge in [0.25, 0.3) is 5.69 Å². The Balaban J connectivity index is 1.90. The van der Waals surface area contributed by atoms with Crippen LogP contribution in [0.3, 0.4) is 0 Å². The average molecular weight is 355 g/mol. The Morgan fingerprint density at radius 3 is 2.64 bits per heavy atom. The van der Waals surface area contributed by atoms with E-state index < -0.39 is 0 Å².